The standard InChI is InChI=1S/C10H11F3N2O/c1-2-15-9(16)6-3-4-8(14)7(5-6)10(11,12)13/h3-5H,2,14H2,1H3,(H,15,16). The molecule has 0 saturated carbocycles. The normalized spacial score (nSPS) is 11.2. The molecule has 0 aliphatic rings. The number of anilines is 1. The molecule has 6 heteroatoms. The maximum Gasteiger partial charge on any atom is 0.418 e. The highest BCUT2D eigenvalue weighted by Crippen LogP contribution is 2.33. The van der Waals surface area contributed by atoms with Gasteiger partial charge in [-0.1, -0.05) is 0 Å². The summed E-state index contributed by atoms with van der Waals surface area (Å²) in [4.78, 5) is 11.3. The molecule has 1 amide bonds. The fourth-order valence-corrected chi connectivity index (χ4v) is 1.21. The summed E-state index contributed by atoms with van der Waals surface area (Å²) in [5, 5.41) is 2.41. The average molecular weight is 232 g/mol. The molecule has 0 spiro atoms. The van der Waals surface area contributed by atoms with Crippen LogP contribution in [0.4, 0.5) is 18.9 Å². The SMILES string of the molecule is CCNC(=O)c1ccc(N)c(C(F)(F)F)c1. The highest BCUT2D eigenvalue weighted by Gasteiger charge is 2.33. The molecule has 3 nitrogen and oxygen atoms in total. The zero-order valence-corrected chi connectivity index (χ0v) is 8.56. The van der Waals surface area contributed by atoms with Crippen molar-refractivity contribution in [3.8, 4) is 0 Å². The molecule has 0 aromatic heterocycles. The second kappa shape index (κ2) is 4.42. The molecule has 1 rings (SSSR count). The number of alkyl halides is 3. The van der Waals surface area contributed by atoms with Gasteiger partial charge in [0.2, 0.25) is 0 Å². The van der Waals surface area contributed by atoms with Crippen molar-refractivity contribution in [2.45, 2.75) is 13.1 Å². The first kappa shape index (κ1) is 12.4. The Labute approximate surface area is 90.4 Å². The van der Waals surface area contributed by atoms with Crippen LogP contribution in [0.3, 0.4) is 0 Å². The summed E-state index contributed by atoms with van der Waals surface area (Å²) in [6.07, 6.45) is -4.55. The lowest BCUT2D eigenvalue weighted by Crippen LogP contribution is -2.23. The number of rotatable bonds is 2. The second-order valence-corrected chi connectivity index (χ2v) is 3.16. The van der Waals surface area contributed by atoms with E-state index in [-0.39, 0.29) is 11.3 Å². The first-order valence-corrected chi connectivity index (χ1v) is 4.61. The molecule has 16 heavy (non-hydrogen) atoms. The molecule has 0 heterocycles. The van der Waals surface area contributed by atoms with E-state index in [1.165, 1.54) is 6.07 Å². The van der Waals surface area contributed by atoms with Gasteiger partial charge in [-0.3, -0.25) is 4.79 Å². The van der Waals surface area contributed by atoms with Crippen molar-refractivity contribution in [1.29, 1.82) is 0 Å². The molecule has 0 radical (unpaired) electrons. The third kappa shape index (κ3) is 2.65. The minimum Gasteiger partial charge on any atom is -0.398 e. The fraction of sp³-hybridized carbons (Fsp3) is 0.300. The van der Waals surface area contributed by atoms with Crippen molar-refractivity contribution < 1.29 is 18.0 Å². The van der Waals surface area contributed by atoms with Gasteiger partial charge in [0.25, 0.3) is 5.91 Å². The number of nitrogens with two attached hydrogens (primary N) is 1. The van der Waals surface area contributed by atoms with Gasteiger partial charge in [-0.15, -0.1) is 0 Å². The Kier molecular flexibility index (Phi) is 3.41. The van der Waals surface area contributed by atoms with Crippen LogP contribution < -0.4 is 11.1 Å². The van der Waals surface area contributed by atoms with Crippen molar-refractivity contribution >= 4 is 11.6 Å². The molecule has 1 aromatic rings. The number of hydrogen-bond donors (Lipinski definition) is 2. The number of carbonyl (C=O) groups excluding carboxylic acids is 1. The topological polar surface area (TPSA) is 55.1 Å². The van der Waals surface area contributed by atoms with Gasteiger partial charge < -0.3 is 11.1 Å². The van der Waals surface area contributed by atoms with Crippen LogP contribution in [0, 0.1) is 0 Å². The number of nitrogens with one attached hydrogen (secondary N) is 1. The van der Waals surface area contributed by atoms with Gasteiger partial charge in [-0.2, -0.15) is 13.2 Å². The largest absolute Gasteiger partial charge is 0.418 e. The molecule has 0 aliphatic carbocycles. The smallest absolute Gasteiger partial charge is 0.398 e. The third-order valence-electron chi connectivity index (χ3n) is 1.96. The van der Waals surface area contributed by atoms with Crippen LogP contribution in [0.1, 0.15) is 22.8 Å². The number of benzene rings is 1. The first-order valence-electron chi connectivity index (χ1n) is 4.61. The van der Waals surface area contributed by atoms with Gasteiger partial charge in [0.15, 0.2) is 0 Å². The summed E-state index contributed by atoms with van der Waals surface area (Å²) in [5.41, 5.74) is 3.77. The lowest BCUT2D eigenvalue weighted by Gasteiger charge is -2.11. The van der Waals surface area contributed by atoms with E-state index in [2.05, 4.69) is 5.32 Å². The molecule has 88 valence electrons. The summed E-state index contributed by atoms with van der Waals surface area (Å²) < 4.78 is 37.4. The zero-order chi connectivity index (χ0) is 12.3. The van der Waals surface area contributed by atoms with E-state index in [9.17, 15) is 18.0 Å². The maximum absolute atomic E-state index is 12.5. The second-order valence-electron chi connectivity index (χ2n) is 3.16. The number of hydrogen-bond acceptors (Lipinski definition) is 2. The monoisotopic (exact) mass is 232 g/mol. The van der Waals surface area contributed by atoms with E-state index in [0.717, 1.165) is 12.1 Å². The van der Waals surface area contributed by atoms with Crippen molar-refractivity contribution in [2.24, 2.45) is 0 Å². The molecule has 0 saturated heterocycles. The van der Waals surface area contributed by atoms with E-state index in [0.29, 0.717) is 6.54 Å². The lowest BCUT2D eigenvalue weighted by atomic mass is 10.1. The van der Waals surface area contributed by atoms with Crippen molar-refractivity contribution in [3.05, 3.63) is 29.3 Å². The van der Waals surface area contributed by atoms with E-state index >= 15 is 0 Å². The number of amides is 1. The fourth-order valence-electron chi connectivity index (χ4n) is 1.21. The van der Waals surface area contributed by atoms with Crippen LogP contribution in [0.25, 0.3) is 0 Å². The molecule has 0 aliphatic heterocycles. The third-order valence-corrected chi connectivity index (χ3v) is 1.96. The number of halogens is 3. The highest BCUT2D eigenvalue weighted by molar-refractivity contribution is 5.94. The van der Waals surface area contributed by atoms with Crippen LogP contribution in [0.5, 0.6) is 0 Å². The Hall–Kier alpha value is -1.72. The molecule has 1 aromatic carbocycles. The summed E-state index contributed by atoms with van der Waals surface area (Å²) in [6, 6.07) is 3.09. The predicted molar refractivity (Wildman–Crippen MR) is 53.9 cm³/mol. The van der Waals surface area contributed by atoms with Gasteiger partial charge in [0.1, 0.15) is 0 Å². The van der Waals surface area contributed by atoms with E-state index in [1.807, 2.05) is 0 Å². The van der Waals surface area contributed by atoms with Gasteiger partial charge in [0, 0.05) is 17.8 Å². The molecule has 0 fully saturated rings. The minimum absolute atomic E-state index is 0.0524. The van der Waals surface area contributed by atoms with Gasteiger partial charge in [-0.05, 0) is 25.1 Å². The summed E-state index contributed by atoms with van der Waals surface area (Å²) in [5.74, 6) is -0.548. The summed E-state index contributed by atoms with van der Waals surface area (Å²) in [6.45, 7) is 2.03. The Morgan fingerprint density at radius 3 is 2.56 bits per heavy atom. The quantitative estimate of drug-likeness (QED) is 0.766. The summed E-state index contributed by atoms with van der Waals surface area (Å²) in [7, 11) is 0. The predicted octanol–water partition coefficient (Wildman–Crippen LogP) is 2.04. The molecule has 0 bridgehead atoms. The molecule has 0 atom stereocenters. The lowest BCUT2D eigenvalue weighted by molar-refractivity contribution is -0.136. The number of carbonyl (C=O) groups is 1. The number of nitrogen functional groups attached to an aromatic ring is 1. The highest BCUT2D eigenvalue weighted by atomic mass is 19.4. The van der Waals surface area contributed by atoms with E-state index in [1.54, 1.807) is 6.92 Å². The Balaban J connectivity index is 3.13. The van der Waals surface area contributed by atoms with Crippen LogP contribution in [-0.4, -0.2) is 12.5 Å². The van der Waals surface area contributed by atoms with E-state index < -0.39 is 17.6 Å². The van der Waals surface area contributed by atoms with Crippen LogP contribution in [0.15, 0.2) is 18.2 Å². The van der Waals surface area contributed by atoms with E-state index in [4.69, 9.17) is 5.73 Å². The van der Waals surface area contributed by atoms with Gasteiger partial charge >= 0.3 is 6.18 Å². The molecular formula is C10H11F3N2O. The Bertz CT molecular complexity index is 402. The van der Waals surface area contributed by atoms with Crippen LogP contribution in [0.2, 0.25) is 0 Å². The minimum atomic E-state index is -4.55. The van der Waals surface area contributed by atoms with Gasteiger partial charge in [0.05, 0.1) is 5.56 Å². The van der Waals surface area contributed by atoms with Crippen LogP contribution >= 0.6 is 0 Å². The Morgan fingerprint density at radius 1 is 1.44 bits per heavy atom. The maximum atomic E-state index is 12.5. The van der Waals surface area contributed by atoms with Crippen molar-refractivity contribution in [2.75, 3.05) is 12.3 Å². The summed E-state index contributed by atoms with van der Waals surface area (Å²) >= 11 is 0. The Morgan fingerprint density at radius 2 is 2.06 bits per heavy atom. The van der Waals surface area contributed by atoms with Crippen LogP contribution in [-0.2, 0) is 6.18 Å². The molecular weight excluding hydrogens is 221 g/mol. The van der Waals surface area contributed by atoms with Crippen molar-refractivity contribution in [3.63, 3.8) is 0 Å². The van der Waals surface area contributed by atoms with Gasteiger partial charge in [-0.25, -0.2) is 0 Å². The zero-order valence-electron chi connectivity index (χ0n) is 8.56. The first-order chi connectivity index (χ1) is 7.36. The van der Waals surface area contributed by atoms with Crippen molar-refractivity contribution in [1.82, 2.24) is 5.32 Å². The molecule has 3 N–H and O–H groups in total. The molecule has 0 unspecified atom stereocenters. The average Bonchev–Trinajstić information content (AvgIpc) is 2.16.